The second-order valence-electron chi connectivity index (χ2n) is 2.25. The minimum absolute atomic E-state index is 0.0581. The molecule has 7 nitrogen and oxygen atoms in total. The summed E-state index contributed by atoms with van der Waals surface area (Å²) in [6.45, 7) is -0.0581. The quantitative estimate of drug-likeness (QED) is 0.297. The first kappa shape index (κ1) is 10.6. The molecule has 0 spiro atoms. The van der Waals surface area contributed by atoms with E-state index in [2.05, 4.69) is 5.28 Å². The van der Waals surface area contributed by atoms with Crippen molar-refractivity contribution in [3.05, 3.63) is 5.21 Å². The fourth-order valence-electron chi connectivity index (χ4n) is 0.615. The monoisotopic (exact) mass is 177 g/mol. The zero-order chi connectivity index (χ0) is 9.56. The van der Waals surface area contributed by atoms with E-state index < -0.39 is 12.0 Å². The van der Waals surface area contributed by atoms with Crippen molar-refractivity contribution in [3.63, 3.8) is 0 Å². The zero-order valence-corrected chi connectivity index (χ0v) is 6.38. The van der Waals surface area contributed by atoms with E-state index in [1.54, 1.807) is 0 Å². The maximum absolute atomic E-state index is 10.3. The van der Waals surface area contributed by atoms with Crippen molar-refractivity contribution in [2.75, 3.05) is 6.54 Å². The number of hydroxylamine groups is 1. The summed E-state index contributed by atoms with van der Waals surface area (Å²) >= 11 is 0. The lowest BCUT2D eigenvalue weighted by Crippen LogP contribution is -2.30. The SMILES string of the molecule is NC(CCC[N+]([O-])=NO)C(=O)O. The van der Waals surface area contributed by atoms with Gasteiger partial charge in [0.25, 0.3) is 0 Å². The van der Waals surface area contributed by atoms with Crippen LogP contribution in [0.1, 0.15) is 12.8 Å². The molecule has 0 rings (SSSR count). The summed E-state index contributed by atoms with van der Waals surface area (Å²) in [5.74, 6) is -1.10. The number of carbonyl (C=O) groups is 1. The molecule has 0 amide bonds. The van der Waals surface area contributed by atoms with Crippen LogP contribution in [0.2, 0.25) is 0 Å². The maximum atomic E-state index is 10.3. The van der Waals surface area contributed by atoms with E-state index in [0.717, 1.165) is 0 Å². The molecule has 0 bridgehead atoms. The third kappa shape index (κ3) is 4.45. The highest BCUT2D eigenvalue weighted by Gasteiger charge is 2.11. The average molecular weight is 177 g/mol. The van der Waals surface area contributed by atoms with Crippen LogP contribution in [0.25, 0.3) is 0 Å². The van der Waals surface area contributed by atoms with Crippen LogP contribution in [0.5, 0.6) is 0 Å². The van der Waals surface area contributed by atoms with Crippen LogP contribution >= 0.6 is 0 Å². The molecule has 0 aliphatic carbocycles. The third-order valence-corrected chi connectivity index (χ3v) is 1.28. The van der Waals surface area contributed by atoms with Gasteiger partial charge in [-0.1, -0.05) is 4.86 Å². The molecule has 0 saturated heterocycles. The smallest absolute Gasteiger partial charge is 0.320 e. The standard InChI is InChI=1S/C5H11N3O4/c6-4(5(9)10)2-1-3-8(12)7-11/h4,11H,1-3,6H2,(H,9,10). The Morgan fingerprint density at radius 2 is 2.33 bits per heavy atom. The first-order chi connectivity index (χ1) is 5.57. The van der Waals surface area contributed by atoms with Gasteiger partial charge in [0.05, 0.1) is 0 Å². The summed E-state index contributed by atoms with van der Waals surface area (Å²) in [4.78, 5) is 10.2. The summed E-state index contributed by atoms with van der Waals surface area (Å²) in [6, 6.07) is -0.961. The zero-order valence-electron chi connectivity index (χ0n) is 6.38. The Hall–Kier alpha value is -1.37. The molecule has 0 radical (unpaired) electrons. The molecule has 0 aliphatic rings. The number of carboxylic acids is 1. The molecular weight excluding hydrogens is 166 g/mol. The van der Waals surface area contributed by atoms with E-state index in [1.807, 2.05) is 0 Å². The first-order valence-corrected chi connectivity index (χ1v) is 3.36. The molecule has 70 valence electrons. The number of hydrogen-bond donors (Lipinski definition) is 3. The van der Waals surface area contributed by atoms with Gasteiger partial charge in [0.1, 0.15) is 6.04 Å². The van der Waals surface area contributed by atoms with Crippen molar-refractivity contribution in [2.45, 2.75) is 18.9 Å². The second kappa shape index (κ2) is 5.30. The molecule has 0 saturated carbocycles. The lowest BCUT2D eigenvalue weighted by molar-refractivity contribution is -0.556. The first-order valence-electron chi connectivity index (χ1n) is 3.36. The summed E-state index contributed by atoms with van der Waals surface area (Å²) in [5.41, 5.74) is 5.13. The Morgan fingerprint density at radius 3 is 2.75 bits per heavy atom. The van der Waals surface area contributed by atoms with E-state index in [9.17, 15) is 10.0 Å². The molecule has 7 heteroatoms. The molecule has 0 heterocycles. The topological polar surface area (TPSA) is 122 Å². The maximum Gasteiger partial charge on any atom is 0.320 e. The van der Waals surface area contributed by atoms with Crippen molar-refractivity contribution >= 4 is 5.97 Å². The number of nitrogens with two attached hydrogens (primary N) is 1. The van der Waals surface area contributed by atoms with Crippen molar-refractivity contribution in [1.82, 2.24) is 0 Å². The molecule has 0 aromatic heterocycles. The highest BCUT2D eigenvalue weighted by atomic mass is 16.6. The van der Waals surface area contributed by atoms with Crippen molar-refractivity contribution in [2.24, 2.45) is 11.0 Å². The van der Waals surface area contributed by atoms with Gasteiger partial charge < -0.3 is 21.3 Å². The molecule has 1 atom stereocenters. The normalized spacial score (nSPS) is 14.2. The molecule has 4 N–H and O–H groups in total. The number of carboxylic acid groups (broad SMARTS) is 1. The van der Waals surface area contributed by atoms with Crippen molar-refractivity contribution in [3.8, 4) is 0 Å². The van der Waals surface area contributed by atoms with E-state index in [0.29, 0.717) is 0 Å². The lowest BCUT2D eigenvalue weighted by atomic mass is 10.2. The van der Waals surface area contributed by atoms with Gasteiger partial charge >= 0.3 is 5.97 Å². The van der Waals surface area contributed by atoms with E-state index in [4.69, 9.17) is 16.0 Å². The van der Waals surface area contributed by atoms with E-state index in [1.165, 1.54) is 0 Å². The van der Waals surface area contributed by atoms with Gasteiger partial charge in [-0.25, -0.2) is 0 Å². The second-order valence-corrected chi connectivity index (χ2v) is 2.25. The minimum Gasteiger partial charge on any atom is -0.597 e. The highest BCUT2D eigenvalue weighted by Crippen LogP contribution is 1.94. The lowest BCUT2D eigenvalue weighted by Gasteiger charge is -2.03. The Balaban J connectivity index is 3.50. The van der Waals surface area contributed by atoms with Crippen molar-refractivity contribution < 1.29 is 20.0 Å². The van der Waals surface area contributed by atoms with Gasteiger partial charge in [-0.15, -0.1) is 0 Å². The number of aliphatic carboxylic acids is 1. The van der Waals surface area contributed by atoms with Crippen LogP contribution in [-0.2, 0) is 4.79 Å². The summed E-state index contributed by atoms with van der Waals surface area (Å²) in [6.07, 6.45) is 0.463. The summed E-state index contributed by atoms with van der Waals surface area (Å²) < 4.78 is 0. The average Bonchev–Trinajstić information content (AvgIpc) is 2.03. The van der Waals surface area contributed by atoms with Crippen LogP contribution in [0, 0.1) is 5.21 Å². The van der Waals surface area contributed by atoms with Gasteiger partial charge in [-0.3, -0.25) is 4.79 Å². The number of nitrogens with zero attached hydrogens (tertiary/aromatic N) is 2. The largest absolute Gasteiger partial charge is 0.597 e. The molecule has 1 unspecified atom stereocenters. The van der Waals surface area contributed by atoms with Gasteiger partial charge in [-0.05, 0) is 6.42 Å². The Kier molecular flexibility index (Phi) is 4.70. The fourth-order valence-corrected chi connectivity index (χ4v) is 0.615. The Bertz CT molecular complexity index is 182. The molecule has 0 aromatic rings. The van der Waals surface area contributed by atoms with Crippen LogP contribution in [0.3, 0.4) is 0 Å². The highest BCUT2D eigenvalue weighted by molar-refractivity contribution is 5.72. The van der Waals surface area contributed by atoms with Crippen LogP contribution in [-0.4, -0.2) is 33.7 Å². The number of hydrogen-bond acceptors (Lipinski definition) is 4. The number of rotatable bonds is 5. The summed E-state index contributed by atoms with van der Waals surface area (Å²) in [5, 5.41) is 28.8. The molecule has 12 heavy (non-hydrogen) atoms. The Labute approximate surface area is 68.6 Å². The fraction of sp³-hybridized carbons (Fsp3) is 0.800. The van der Waals surface area contributed by atoms with Gasteiger partial charge in [0, 0.05) is 6.42 Å². The molecule has 0 fully saturated rings. The van der Waals surface area contributed by atoms with E-state index >= 15 is 0 Å². The van der Waals surface area contributed by atoms with Crippen molar-refractivity contribution in [1.29, 1.82) is 0 Å². The predicted molar refractivity (Wildman–Crippen MR) is 37.6 cm³/mol. The molecular formula is C5H11N3O4. The Morgan fingerprint density at radius 1 is 1.75 bits per heavy atom. The van der Waals surface area contributed by atoms with Gasteiger partial charge in [-0.2, -0.15) is 0 Å². The molecule has 0 aromatic carbocycles. The third-order valence-electron chi connectivity index (χ3n) is 1.28. The van der Waals surface area contributed by atoms with Crippen LogP contribution < -0.4 is 5.73 Å². The van der Waals surface area contributed by atoms with Crippen LogP contribution in [0.15, 0.2) is 5.28 Å². The predicted octanol–water partition coefficient (Wildman–Crippen LogP) is -0.470. The minimum atomic E-state index is -1.10. The van der Waals surface area contributed by atoms with Crippen LogP contribution in [0.4, 0.5) is 0 Å². The summed E-state index contributed by atoms with van der Waals surface area (Å²) in [7, 11) is 0. The van der Waals surface area contributed by atoms with Gasteiger partial charge in [0.15, 0.2) is 11.8 Å². The van der Waals surface area contributed by atoms with E-state index in [-0.39, 0.29) is 24.2 Å². The van der Waals surface area contributed by atoms with Gasteiger partial charge in [0.2, 0.25) is 0 Å². The molecule has 0 aliphatic heterocycles.